The van der Waals surface area contributed by atoms with Crippen LogP contribution in [0.25, 0.3) is 0 Å². The van der Waals surface area contributed by atoms with Gasteiger partial charge in [-0.2, -0.15) is 4.37 Å². The Morgan fingerprint density at radius 2 is 2.02 bits per heavy atom. The first-order chi connectivity index (χ1) is 23.7. The highest BCUT2D eigenvalue weighted by molar-refractivity contribution is 7.05. The van der Waals surface area contributed by atoms with E-state index < -0.39 is 11.9 Å². The van der Waals surface area contributed by atoms with Crippen molar-refractivity contribution < 1.29 is 28.7 Å². The van der Waals surface area contributed by atoms with Gasteiger partial charge >= 0.3 is 0 Å². The quantitative estimate of drug-likeness (QED) is 0.201. The van der Waals surface area contributed by atoms with E-state index in [0.717, 1.165) is 47.5 Å². The predicted molar refractivity (Wildman–Crippen MR) is 181 cm³/mol. The number of aromatic nitrogens is 3. The van der Waals surface area contributed by atoms with Gasteiger partial charge in [-0.25, -0.2) is 9.97 Å². The van der Waals surface area contributed by atoms with E-state index >= 15 is 0 Å². The number of rotatable bonds is 13. The van der Waals surface area contributed by atoms with Crippen molar-refractivity contribution in [3.05, 3.63) is 69.1 Å². The molecule has 13 nitrogen and oxygen atoms in total. The van der Waals surface area contributed by atoms with Crippen LogP contribution in [0, 0.1) is 6.92 Å². The van der Waals surface area contributed by atoms with Crippen molar-refractivity contribution in [1.29, 1.82) is 0 Å². The van der Waals surface area contributed by atoms with Crippen molar-refractivity contribution in [3.8, 4) is 0 Å². The highest BCUT2D eigenvalue weighted by atomic mass is 32.1. The van der Waals surface area contributed by atoms with Crippen molar-refractivity contribution >= 4 is 46.6 Å². The van der Waals surface area contributed by atoms with E-state index in [1.807, 2.05) is 25.1 Å². The van der Waals surface area contributed by atoms with Crippen LogP contribution in [-0.4, -0.2) is 86.9 Å². The molecule has 2 aromatic heterocycles. The molecule has 3 aromatic rings. The number of aryl methyl sites for hydroxylation is 2. The highest BCUT2D eigenvalue weighted by Gasteiger charge is 2.39. The maximum absolute atomic E-state index is 13.1. The number of hydrogen-bond acceptors (Lipinski definition) is 11. The monoisotopic (exact) mass is 687 g/mol. The summed E-state index contributed by atoms with van der Waals surface area (Å²) in [5, 5.41) is 3.12. The minimum absolute atomic E-state index is 0.0571. The highest BCUT2D eigenvalue weighted by Crippen LogP contribution is 2.31. The SMILES string of the molecule is Cc1cc(Cc2nc(N3CCC[C@H](NC(=O)CCOCCCc4cccc5c4CN(C4CCC(=O)CC4=O)C5=O)C3)cnc2C(N)=O)sn1. The lowest BCUT2D eigenvalue weighted by atomic mass is 9.92. The molecule has 0 bridgehead atoms. The van der Waals surface area contributed by atoms with Crippen molar-refractivity contribution in [2.24, 2.45) is 5.73 Å². The molecule has 14 heteroatoms. The summed E-state index contributed by atoms with van der Waals surface area (Å²) in [5.74, 6) is -0.437. The summed E-state index contributed by atoms with van der Waals surface area (Å²) in [6, 6.07) is 7.04. The second-order valence-corrected chi connectivity index (χ2v) is 13.8. The van der Waals surface area contributed by atoms with E-state index in [4.69, 9.17) is 15.5 Å². The van der Waals surface area contributed by atoms with Crippen LogP contribution in [0.5, 0.6) is 0 Å². The van der Waals surface area contributed by atoms with Crippen molar-refractivity contribution in [3.63, 3.8) is 0 Å². The van der Waals surface area contributed by atoms with Crippen LogP contribution in [0.15, 0.2) is 30.5 Å². The van der Waals surface area contributed by atoms with E-state index in [1.165, 1.54) is 11.5 Å². The number of amides is 3. The van der Waals surface area contributed by atoms with Gasteiger partial charge in [-0.15, -0.1) is 0 Å². The maximum atomic E-state index is 13.1. The molecular weight excluding hydrogens is 646 g/mol. The molecular formula is C35H41N7O6S. The zero-order chi connectivity index (χ0) is 34.5. The smallest absolute Gasteiger partial charge is 0.269 e. The topological polar surface area (TPSA) is 178 Å². The number of hydrogen-bond donors (Lipinski definition) is 2. The molecule has 0 spiro atoms. The number of nitrogens with two attached hydrogens (primary N) is 1. The Morgan fingerprint density at radius 1 is 1.16 bits per heavy atom. The molecule has 1 aliphatic carbocycles. The van der Waals surface area contributed by atoms with Gasteiger partial charge in [0.1, 0.15) is 17.3 Å². The lowest BCUT2D eigenvalue weighted by molar-refractivity contribution is -0.133. The largest absolute Gasteiger partial charge is 0.381 e. The third-order valence-electron chi connectivity index (χ3n) is 9.31. The maximum Gasteiger partial charge on any atom is 0.269 e. The first-order valence-corrected chi connectivity index (χ1v) is 17.6. The van der Waals surface area contributed by atoms with Gasteiger partial charge in [0.05, 0.1) is 36.7 Å². The van der Waals surface area contributed by atoms with Crippen molar-refractivity contribution in [2.45, 2.75) is 83.3 Å². The molecule has 1 aromatic carbocycles. The molecule has 3 N–H and O–H groups in total. The number of anilines is 1. The molecule has 6 rings (SSSR count). The Morgan fingerprint density at radius 3 is 2.80 bits per heavy atom. The summed E-state index contributed by atoms with van der Waals surface area (Å²) in [4.78, 5) is 75.8. The lowest BCUT2D eigenvalue weighted by Gasteiger charge is -2.34. The van der Waals surface area contributed by atoms with Crippen LogP contribution in [0.3, 0.4) is 0 Å². The normalized spacial score (nSPS) is 19.3. The number of Topliss-reactive ketones (excluding diaryl/α,β-unsaturated/α-hetero) is 2. The number of benzene rings is 1. The molecule has 258 valence electrons. The van der Waals surface area contributed by atoms with Crippen LogP contribution in [-0.2, 0) is 38.5 Å². The van der Waals surface area contributed by atoms with Crippen LogP contribution < -0.4 is 16.0 Å². The van der Waals surface area contributed by atoms with Gasteiger partial charge in [0, 0.05) is 62.0 Å². The zero-order valence-corrected chi connectivity index (χ0v) is 28.4. The fraction of sp³-hybridized carbons (Fsp3) is 0.486. The molecule has 3 amide bonds. The Labute approximate surface area is 288 Å². The first-order valence-electron chi connectivity index (χ1n) is 16.8. The molecule has 3 aliphatic rings. The Hall–Kier alpha value is -4.56. The van der Waals surface area contributed by atoms with Crippen LogP contribution >= 0.6 is 11.5 Å². The van der Waals surface area contributed by atoms with Crippen molar-refractivity contribution in [1.82, 2.24) is 24.6 Å². The van der Waals surface area contributed by atoms with Gasteiger partial charge in [-0.3, -0.25) is 24.0 Å². The molecule has 2 aliphatic heterocycles. The first kappa shape index (κ1) is 34.3. The number of piperidine rings is 1. The van der Waals surface area contributed by atoms with Gasteiger partial charge < -0.3 is 25.6 Å². The van der Waals surface area contributed by atoms with Crippen LogP contribution in [0.4, 0.5) is 5.82 Å². The lowest BCUT2D eigenvalue weighted by Crippen LogP contribution is -2.48. The summed E-state index contributed by atoms with van der Waals surface area (Å²) >= 11 is 1.36. The zero-order valence-electron chi connectivity index (χ0n) is 27.6. The average Bonchev–Trinajstić information content (AvgIpc) is 3.64. The number of fused-ring (bicyclic) bond motifs is 1. The van der Waals surface area contributed by atoms with Gasteiger partial charge in [-0.05, 0) is 73.8 Å². The summed E-state index contributed by atoms with van der Waals surface area (Å²) in [5.41, 5.74) is 9.77. The third-order valence-corrected chi connectivity index (χ3v) is 10.2. The second-order valence-electron chi connectivity index (χ2n) is 12.9. The number of carbonyl (C=O) groups excluding carboxylic acids is 5. The third kappa shape index (κ3) is 8.19. The van der Waals surface area contributed by atoms with Gasteiger partial charge in [-0.1, -0.05) is 12.1 Å². The molecule has 2 atom stereocenters. The molecule has 4 heterocycles. The fourth-order valence-corrected chi connectivity index (χ4v) is 7.63. The molecule has 2 fully saturated rings. The summed E-state index contributed by atoms with van der Waals surface area (Å²) < 4.78 is 10.1. The minimum atomic E-state index is -0.623. The van der Waals surface area contributed by atoms with E-state index in [-0.39, 0.29) is 48.0 Å². The Bertz CT molecular complexity index is 1760. The van der Waals surface area contributed by atoms with E-state index in [1.54, 1.807) is 17.2 Å². The Kier molecular flexibility index (Phi) is 10.7. The van der Waals surface area contributed by atoms with Gasteiger partial charge in [0.2, 0.25) is 5.91 Å². The number of nitrogens with one attached hydrogen (secondary N) is 1. The standard InChI is InChI=1S/C35H41N7O6S/c1-21-15-25(49-40-21)17-28-33(34(36)46)37-18-31(39-28)41-12-3-7-23(19-41)38-32(45)11-14-48-13-4-6-22-5-2-8-26-27(22)20-42(35(26)47)29-10-9-24(43)16-30(29)44/h2,5,8,15,18,23,29H,3-4,6-7,9-14,16-17,19-20H2,1H3,(H2,36,46)(H,38,45)/t23-,29?/m0/s1. The predicted octanol–water partition coefficient (Wildman–Crippen LogP) is 2.70. The van der Waals surface area contributed by atoms with E-state index in [2.05, 4.69) is 19.6 Å². The number of ketones is 2. The summed E-state index contributed by atoms with van der Waals surface area (Å²) in [6.07, 6.45) is 6.00. The summed E-state index contributed by atoms with van der Waals surface area (Å²) in [6.45, 7) is 4.40. The minimum Gasteiger partial charge on any atom is -0.381 e. The van der Waals surface area contributed by atoms with E-state index in [0.29, 0.717) is 69.1 Å². The number of ether oxygens (including phenoxy) is 1. The number of nitrogens with zero attached hydrogens (tertiary/aromatic N) is 5. The van der Waals surface area contributed by atoms with Crippen LogP contribution in [0.2, 0.25) is 0 Å². The molecule has 1 saturated carbocycles. The van der Waals surface area contributed by atoms with Crippen molar-refractivity contribution in [2.75, 3.05) is 31.2 Å². The molecule has 49 heavy (non-hydrogen) atoms. The second kappa shape index (κ2) is 15.3. The number of carbonyl (C=O) groups is 5. The molecule has 0 radical (unpaired) electrons. The average molecular weight is 688 g/mol. The molecule has 1 saturated heterocycles. The Balaban J connectivity index is 0.938. The van der Waals surface area contributed by atoms with E-state index in [9.17, 15) is 24.0 Å². The number of primary amides is 1. The van der Waals surface area contributed by atoms with Gasteiger partial charge in [0.25, 0.3) is 11.8 Å². The summed E-state index contributed by atoms with van der Waals surface area (Å²) in [7, 11) is 0. The van der Waals surface area contributed by atoms with Gasteiger partial charge in [0.15, 0.2) is 5.78 Å². The van der Waals surface area contributed by atoms with Crippen LogP contribution in [0.1, 0.15) is 93.2 Å². The molecule has 1 unspecified atom stereocenters. The fourth-order valence-electron chi connectivity index (χ4n) is 6.89.